The van der Waals surface area contributed by atoms with Crippen LogP contribution in [0.15, 0.2) is 42.5 Å². The number of anilines is 1. The van der Waals surface area contributed by atoms with Gasteiger partial charge in [-0.2, -0.15) is 0 Å². The van der Waals surface area contributed by atoms with Crippen molar-refractivity contribution in [3.63, 3.8) is 0 Å². The Morgan fingerprint density at radius 1 is 1.19 bits per heavy atom. The first kappa shape index (κ1) is 15.5. The van der Waals surface area contributed by atoms with E-state index in [1.807, 2.05) is 0 Å². The Hall–Kier alpha value is -1.85. The first-order valence-electron chi connectivity index (χ1n) is 6.30. The van der Waals surface area contributed by atoms with Gasteiger partial charge >= 0.3 is 0 Å². The molecule has 0 radical (unpaired) electrons. The van der Waals surface area contributed by atoms with Gasteiger partial charge in [0.25, 0.3) is 0 Å². The molecule has 2 aromatic carbocycles. The zero-order chi connectivity index (χ0) is 15.2. The maximum atomic E-state index is 13.4. The number of aliphatic hydroxyl groups is 1. The summed E-state index contributed by atoms with van der Waals surface area (Å²) in [6.07, 6.45) is -0.883. The molecule has 6 heteroatoms. The van der Waals surface area contributed by atoms with Crippen molar-refractivity contribution in [2.24, 2.45) is 0 Å². The van der Waals surface area contributed by atoms with Gasteiger partial charge < -0.3 is 15.2 Å². The van der Waals surface area contributed by atoms with Crippen LogP contribution in [0, 0.1) is 11.6 Å². The largest absolute Gasteiger partial charge is 0.491 e. The van der Waals surface area contributed by atoms with Crippen LogP contribution in [-0.4, -0.2) is 24.4 Å². The summed E-state index contributed by atoms with van der Waals surface area (Å²) in [4.78, 5) is 0. The zero-order valence-electron chi connectivity index (χ0n) is 11.0. The number of hydrogen-bond donors (Lipinski definition) is 2. The minimum Gasteiger partial charge on any atom is -0.491 e. The second kappa shape index (κ2) is 7.24. The maximum Gasteiger partial charge on any atom is 0.146 e. The van der Waals surface area contributed by atoms with Crippen LogP contribution in [-0.2, 0) is 0 Å². The van der Waals surface area contributed by atoms with Gasteiger partial charge in [0.2, 0.25) is 0 Å². The molecule has 1 atom stereocenters. The summed E-state index contributed by atoms with van der Waals surface area (Å²) in [7, 11) is 0. The fourth-order valence-corrected chi connectivity index (χ4v) is 1.85. The van der Waals surface area contributed by atoms with Crippen LogP contribution in [0.4, 0.5) is 14.5 Å². The fourth-order valence-electron chi connectivity index (χ4n) is 1.67. The minimum atomic E-state index is -0.883. The zero-order valence-corrected chi connectivity index (χ0v) is 11.8. The first-order chi connectivity index (χ1) is 10.0. The van der Waals surface area contributed by atoms with E-state index in [1.165, 1.54) is 0 Å². The Balaban J connectivity index is 1.82. The van der Waals surface area contributed by atoms with Crippen molar-refractivity contribution in [1.82, 2.24) is 0 Å². The minimum absolute atomic E-state index is 0.00296. The third-order valence-electron chi connectivity index (χ3n) is 2.70. The standard InChI is InChI=1S/C15H14ClF2NO2/c16-10-2-1-3-13(6-10)21-9-12(20)8-19-15-7-11(17)4-5-14(15)18/h1-7,12,19-20H,8-9H2. The molecule has 21 heavy (non-hydrogen) atoms. The van der Waals surface area contributed by atoms with Gasteiger partial charge in [0.15, 0.2) is 0 Å². The Bertz CT molecular complexity index is 610. The SMILES string of the molecule is OC(CNc1cc(F)ccc1F)COc1cccc(Cl)c1. The molecule has 112 valence electrons. The van der Waals surface area contributed by atoms with Crippen LogP contribution in [0.3, 0.4) is 0 Å². The van der Waals surface area contributed by atoms with Crippen molar-refractivity contribution in [2.45, 2.75) is 6.10 Å². The van der Waals surface area contributed by atoms with Crippen molar-refractivity contribution in [2.75, 3.05) is 18.5 Å². The topological polar surface area (TPSA) is 41.5 Å². The molecule has 3 nitrogen and oxygen atoms in total. The van der Waals surface area contributed by atoms with Gasteiger partial charge in [-0.3, -0.25) is 0 Å². The molecule has 0 bridgehead atoms. The molecule has 0 aliphatic heterocycles. The monoisotopic (exact) mass is 313 g/mol. The Labute approximate surface area is 126 Å². The first-order valence-corrected chi connectivity index (χ1v) is 6.68. The van der Waals surface area contributed by atoms with Crippen LogP contribution >= 0.6 is 11.6 Å². The van der Waals surface area contributed by atoms with E-state index in [0.29, 0.717) is 10.8 Å². The highest BCUT2D eigenvalue weighted by atomic mass is 35.5. The molecule has 2 rings (SSSR count). The number of nitrogens with one attached hydrogen (secondary N) is 1. The number of ether oxygens (including phenoxy) is 1. The van der Waals surface area contributed by atoms with E-state index >= 15 is 0 Å². The van der Waals surface area contributed by atoms with E-state index in [-0.39, 0.29) is 18.8 Å². The number of benzene rings is 2. The molecule has 2 aromatic rings. The van der Waals surface area contributed by atoms with Crippen molar-refractivity contribution < 1.29 is 18.6 Å². The van der Waals surface area contributed by atoms with Crippen molar-refractivity contribution in [1.29, 1.82) is 0 Å². The molecule has 0 saturated carbocycles. The summed E-state index contributed by atoms with van der Waals surface area (Å²) in [5.41, 5.74) is -0.00296. The van der Waals surface area contributed by atoms with Gasteiger partial charge in [-0.1, -0.05) is 17.7 Å². The lowest BCUT2D eigenvalue weighted by Gasteiger charge is -2.14. The molecule has 2 N–H and O–H groups in total. The molecule has 1 unspecified atom stereocenters. The van der Waals surface area contributed by atoms with Crippen molar-refractivity contribution in [3.05, 3.63) is 59.1 Å². The van der Waals surface area contributed by atoms with Crippen LogP contribution in [0.1, 0.15) is 0 Å². The molecule has 0 spiro atoms. The summed E-state index contributed by atoms with van der Waals surface area (Å²) in [5.74, 6) is -0.610. The summed E-state index contributed by atoms with van der Waals surface area (Å²) in [5, 5.41) is 12.9. The van der Waals surface area contributed by atoms with Crippen LogP contribution in [0.5, 0.6) is 5.75 Å². The van der Waals surface area contributed by atoms with Gasteiger partial charge in [0, 0.05) is 11.6 Å². The molecule has 0 saturated heterocycles. The van der Waals surface area contributed by atoms with E-state index < -0.39 is 17.7 Å². The number of halogens is 3. The van der Waals surface area contributed by atoms with E-state index in [0.717, 1.165) is 18.2 Å². The predicted molar refractivity (Wildman–Crippen MR) is 77.8 cm³/mol. The lowest BCUT2D eigenvalue weighted by Crippen LogP contribution is -2.26. The summed E-state index contributed by atoms with van der Waals surface area (Å²) in [6.45, 7) is 0.0330. The van der Waals surface area contributed by atoms with Gasteiger partial charge in [-0.15, -0.1) is 0 Å². The van der Waals surface area contributed by atoms with Crippen molar-refractivity contribution >= 4 is 17.3 Å². The third kappa shape index (κ3) is 4.88. The molecule has 0 aliphatic carbocycles. The number of hydrogen-bond acceptors (Lipinski definition) is 3. The quantitative estimate of drug-likeness (QED) is 0.858. The van der Waals surface area contributed by atoms with Gasteiger partial charge in [-0.05, 0) is 36.4 Å². The molecular weight excluding hydrogens is 300 g/mol. The van der Waals surface area contributed by atoms with E-state index in [4.69, 9.17) is 16.3 Å². The van der Waals surface area contributed by atoms with Crippen LogP contribution < -0.4 is 10.1 Å². The van der Waals surface area contributed by atoms with Gasteiger partial charge in [0.1, 0.15) is 30.1 Å². The number of aliphatic hydroxyl groups excluding tert-OH is 1. The highest BCUT2D eigenvalue weighted by molar-refractivity contribution is 6.30. The van der Waals surface area contributed by atoms with Crippen molar-refractivity contribution in [3.8, 4) is 5.75 Å². The maximum absolute atomic E-state index is 13.4. The molecule has 0 aromatic heterocycles. The van der Waals surface area contributed by atoms with Gasteiger partial charge in [0.05, 0.1) is 5.69 Å². The molecular formula is C15H14ClF2NO2. The molecule has 0 amide bonds. The van der Waals surface area contributed by atoms with E-state index in [1.54, 1.807) is 24.3 Å². The molecule has 0 aliphatic rings. The second-order valence-corrected chi connectivity index (χ2v) is 4.86. The summed E-state index contributed by atoms with van der Waals surface area (Å²) in [6, 6.07) is 9.83. The lowest BCUT2D eigenvalue weighted by atomic mass is 10.2. The van der Waals surface area contributed by atoms with E-state index in [9.17, 15) is 13.9 Å². The average Bonchev–Trinajstić information content (AvgIpc) is 2.46. The van der Waals surface area contributed by atoms with Crippen LogP contribution in [0.2, 0.25) is 5.02 Å². The predicted octanol–water partition coefficient (Wildman–Crippen LogP) is 3.47. The van der Waals surface area contributed by atoms with Gasteiger partial charge in [-0.25, -0.2) is 8.78 Å². The second-order valence-electron chi connectivity index (χ2n) is 4.43. The highest BCUT2D eigenvalue weighted by Gasteiger charge is 2.08. The normalized spacial score (nSPS) is 12.0. The highest BCUT2D eigenvalue weighted by Crippen LogP contribution is 2.18. The smallest absolute Gasteiger partial charge is 0.146 e. The summed E-state index contributed by atoms with van der Waals surface area (Å²) < 4.78 is 31.7. The lowest BCUT2D eigenvalue weighted by molar-refractivity contribution is 0.117. The van der Waals surface area contributed by atoms with Crippen LogP contribution in [0.25, 0.3) is 0 Å². The number of rotatable bonds is 6. The molecule has 0 fully saturated rings. The fraction of sp³-hybridized carbons (Fsp3) is 0.200. The summed E-state index contributed by atoms with van der Waals surface area (Å²) >= 11 is 5.80. The third-order valence-corrected chi connectivity index (χ3v) is 2.93. The Kier molecular flexibility index (Phi) is 5.36. The molecule has 0 heterocycles. The Morgan fingerprint density at radius 2 is 2.00 bits per heavy atom. The van der Waals surface area contributed by atoms with E-state index in [2.05, 4.69) is 5.32 Å². The Morgan fingerprint density at radius 3 is 2.76 bits per heavy atom. The average molecular weight is 314 g/mol.